The number of likely N-dealkylation sites (tertiary alicyclic amines) is 1. The van der Waals surface area contributed by atoms with Crippen LogP contribution in [0.2, 0.25) is 0 Å². The van der Waals surface area contributed by atoms with Crippen LogP contribution in [0.4, 0.5) is 4.39 Å². The summed E-state index contributed by atoms with van der Waals surface area (Å²) >= 11 is 0. The van der Waals surface area contributed by atoms with Gasteiger partial charge in [0, 0.05) is 98.0 Å². The molecular weight excluding hydrogens is 1150 g/mol. The summed E-state index contributed by atoms with van der Waals surface area (Å²) < 4.78 is 34.1. The Morgan fingerprint density at radius 2 is 1.15 bits per heavy atom. The van der Waals surface area contributed by atoms with Gasteiger partial charge in [0.05, 0.1) is 45.0 Å². The molecule has 2 saturated heterocycles. The number of carbonyl (C=O) groups is 6. The molecule has 87 heavy (non-hydrogen) atoms. The predicted molar refractivity (Wildman–Crippen MR) is 318 cm³/mol. The minimum Gasteiger partial charge on any atom is -0.487 e. The van der Waals surface area contributed by atoms with Gasteiger partial charge in [-0.15, -0.1) is 5.10 Å². The number of hydrogen-bond donors (Lipinski definition) is 8. The molecule has 2 fully saturated rings. The van der Waals surface area contributed by atoms with Gasteiger partial charge in [-0.05, 0) is 59.4 Å². The van der Waals surface area contributed by atoms with Gasteiger partial charge < -0.3 is 45.4 Å². The second-order valence-corrected chi connectivity index (χ2v) is 23.6. The highest BCUT2D eigenvalue weighted by molar-refractivity contribution is 7.52. The van der Waals surface area contributed by atoms with Crippen LogP contribution < -0.4 is 20.7 Å². The third-order valence-corrected chi connectivity index (χ3v) is 16.3. The number of benzene rings is 4. The number of aromatic nitrogens is 3. The Morgan fingerprint density at radius 1 is 0.644 bits per heavy atom. The fraction of sp³-hybridized carbons (Fsp3) is 0.467. The molecular formula is C60H80FN12O13P. The molecule has 5 aromatic rings. The van der Waals surface area contributed by atoms with E-state index in [0.29, 0.717) is 82.2 Å². The Morgan fingerprint density at radius 3 is 1.68 bits per heavy atom. The van der Waals surface area contributed by atoms with E-state index in [-0.39, 0.29) is 109 Å². The number of ether oxygens (including phenoxy) is 1. The van der Waals surface area contributed by atoms with Gasteiger partial charge in [0.15, 0.2) is 0 Å². The van der Waals surface area contributed by atoms with Crippen LogP contribution >= 0.6 is 7.60 Å². The number of nitrogens with zero attached hydrogens (tertiary/aromatic N) is 9. The topological polar surface area (TPSA) is 316 Å². The lowest BCUT2D eigenvalue weighted by Crippen LogP contribution is -2.49. The number of hydrogen-bond acceptors (Lipinski definition) is 16. The third kappa shape index (κ3) is 23.3. The molecule has 3 amide bonds. The minimum absolute atomic E-state index is 0.00277. The number of aliphatic carboxylic acids is 3. The first kappa shape index (κ1) is 67.0. The number of nitrogens with one attached hydrogen (secondary N) is 3. The summed E-state index contributed by atoms with van der Waals surface area (Å²) in [6.45, 7) is 3.33. The highest BCUT2D eigenvalue weighted by atomic mass is 31.2. The third-order valence-electron chi connectivity index (χ3n) is 15.1. The molecule has 0 spiro atoms. The fourth-order valence-electron chi connectivity index (χ4n) is 10.6. The van der Waals surface area contributed by atoms with Gasteiger partial charge >= 0.3 is 25.5 Å². The minimum atomic E-state index is -4.59. The molecule has 3 heterocycles. The van der Waals surface area contributed by atoms with Crippen molar-refractivity contribution in [2.75, 3.05) is 105 Å². The lowest BCUT2D eigenvalue weighted by Gasteiger charge is -2.32. The van der Waals surface area contributed by atoms with E-state index in [1.165, 1.54) is 12.1 Å². The van der Waals surface area contributed by atoms with E-state index in [2.05, 4.69) is 26.3 Å². The van der Waals surface area contributed by atoms with Crippen molar-refractivity contribution in [2.24, 2.45) is 0 Å². The molecule has 7 rings (SSSR count). The van der Waals surface area contributed by atoms with Crippen LogP contribution in [-0.2, 0) is 59.6 Å². The SMILES string of the molecule is O=C(O)CN1CCN(CC(=O)O)CCN(CC(=O)NCCCCCCNC(=O)[C@@H]2C[C@H](n3cc(COc4ccc(C(NCc5ccccc5)P(=O)(O)O)cc4)nn3)CN2C(=O)CN(Cc2ccccc2)Cc2ccc(F)cc2)CCN(CC(=O)O)CC1. The standard InChI is InChI=1S/C60H80FN12O13P/c61-49-19-15-47(16-20-49)36-71(35-46-13-7-4-8-14-46)40-55(75)72-38-51(73-37-50(65-66-73)44-86-52-21-17-48(18-22-52)60(87(83,84)85)64-34-45-11-5-3-6-12-45)33-53(72)59(82)63-24-10-2-1-9-23-62-54(74)39-67-25-27-68(41-56(76)77)29-31-70(43-58(80)81)32-30-69(28-26-67)42-57(78)79/h3-8,11-22,37,51,53,60,64H,1-2,9-10,23-36,38-44H2,(H,62,74)(H,63,82)(H,76,77)(H,78,79)(H,80,81)(H2,83,84,85)/t51-,53-,60?/m0/s1. The lowest BCUT2D eigenvalue weighted by molar-refractivity contribution is -0.140. The fourth-order valence-corrected chi connectivity index (χ4v) is 11.5. The average molecular weight is 1230 g/mol. The lowest BCUT2D eigenvalue weighted by atomic mass is 10.1. The largest absolute Gasteiger partial charge is 0.487 e. The van der Waals surface area contributed by atoms with Gasteiger partial charge in [0.2, 0.25) is 17.7 Å². The summed E-state index contributed by atoms with van der Waals surface area (Å²) in [5.41, 5.74) is 3.49. The van der Waals surface area contributed by atoms with Crippen LogP contribution in [0.25, 0.3) is 0 Å². The zero-order chi connectivity index (χ0) is 62.1. The monoisotopic (exact) mass is 1230 g/mol. The van der Waals surface area contributed by atoms with Gasteiger partial charge in [0.1, 0.15) is 35.7 Å². The first-order valence-corrected chi connectivity index (χ1v) is 30.9. The average Bonchev–Trinajstić information content (AvgIpc) is 2.74. The van der Waals surface area contributed by atoms with Crippen LogP contribution in [0.3, 0.4) is 0 Å². The van der Waals surface area contributed by atoms with Crippen molar-refractivity contribution in [1.29, 1.82) is 0 Å². The summed E-state index contributed by atoms with van der Waals surface area (Å²) in [6.07, 6.45) is 4.69. The van der Waals surface area contributed by atoms with Crippen molar-refractivity contribution < 1.29 is 67.6 Å². The molecule has 25 nitrogen and oxygen atoms in total. The molecule has 0 aliphatic carbocycles. The summed E-state index contributed by atoms with van der Waals surface area (Å²) in [5.74, 6) is -5.16. The van der Waals surface area contributed by atoms with Crippen molar-refractivity contribution in [3.05, 3.63) is 149 Å². The first-order valence-electron chi connectivity index (χ1n) is 29.2. The van der Waals surface area contributed by atoms with Gasteiger partial charge in [0.25, 0.3) is 0 Å². The van der Waals surface area contributed by atoms with Crippen molar-refractivity contribution in [2.45, 2.75) is 76.2 Å². The Balaban J connectivity index is 0.923. The van der Waals surface area contributed by atoms with Crippen LogP contribution in [-0.4, -0.2) is 216 Å². The van der Waals surface area contributed by atoms with E-state index < -0.39 is 43.4 Å². The maximum Gasteiger partial charge on any atom is 0.346 e. The molecule has 0 bridgehead atoms. The number of carbonyl (C=O) groups excluding carboxylic acids is 3. The molecule has 0 saturated carbocycles. The first-order chi connectivity index (χ1) is 41.8. The summed E-state index contributed by atoms with van der Waals surface area (Å²) in [5, 5.41) is 46.3. The number of halogens is 1. The second kappa shape index (κ2) is 34.1. The molecule has 0 radical (unpaired) electrons. The second-order valence-electron chi connectivity index (χ2n) is 22.0. The highest BCUT2D eigenvalue weighted by Gasteiger charge is 2.41. The molecule has 4 aromatic carbocycles. The molecule has 1 aromatic heterocycles. The number of amides is 3. The van der Waals surface area contributed by atoms with Crippen molar-refractivity contribution in [3.8, 4) is 5.75 Å². The summed E-state index contributed by atoms with van der Waals surface area (Å²) in [6, 6.07) is 30.2. The van der Waals surface area contributed by atoms with Crippen LogP contribution in [0.5, 0.6) is 5.75 Å². The summed E-state index contributed by atoms with van der Waals surface area (Å²) in [7, 11) is -4.59. The molecule has 3 atom stereocenters. The van der Waals surface area contributed by atoms with E-state index in [1.54, 1.807) is 66.9 Å². The molecule has 1 unspecified atom stereocenters. The van der Waals surface area contributed by atoms with Gasteiger partial charge in [-0.3, -0.25) is 63.1 Å². The Kier molecular flexibility index (Phi) is 26.3. The quantitative estimate of drug-likeness (QED) is 0.0234. The zero-order valence-corrected chi connectivity index (χ0v) is 49.6. The number of rotatable bonds is 31. The summed E-state index contributed by atoms with van der Waals surface area (Å²) in [4.78, 5) is 108. The molecule has 470 valence electrons. The van der Waals surface area contributed by atoms with Crippen molar-refractivity contribution in [3.63, 3.8) is 0 Å². The maximum absolute atomic E-state index is 14.6. The van der Waals surface area contributed by atoms with E-state index in [9.17, 15) is 62.8 Å². The Labute approximate surface area is 505 Å². The molecule has 2 aliphatic heterocycles. The maximum atomic E-state index is 14.6. The number of carboxylic acids is 3. The van der Waals surface area contributed by atoms with E-state index in [4.69, 9.17) is 4.74 Å². The molecule has 8 N–H and O–H groups in total. The van der Waals surface area contributed by atoms with Crippen molar-refractivity contribution >= 4 is 43.2 Å². The van der Waals surface area contributed by atoms with E-state index >= 15 is 0 Å². The Hall–Kier alpha value is -7.52. The Bertz CT molecular complexity index is 3010. The van der Waals surface area contributed by atoms with Crippen LogP contribution in [0.1, 0.15) is 71.9 Å². The highest BCUT2D eigenvalue weighted by Crippen LogP contribution is 2.50. The number of carboxylic acid groups (broad SMARTS) is 3. The smallest absolute Gasteiger partial charge is 0.346 e. The molecule has 2 aliphatic rings. The zero-order valence-electron chi connectivity index (χ0n) is 48.7. The predicted octanol–water partition coefficient (Wildman–Crippen LogP) is 3.07. The van der Waals surface area contributed by atoms with E-state index in [1.807, 2.05) is 70.5 Å². The van der Waals surface area contributed by atoms with Crippen LogP contribution in [0, 0.1) is 5.82 Å². The van der Waals surface area contributed by atoms with Gasteiger partial charge in [-0.25, -0.2) is 9.07 Å². The van der Waals surface area contributed by atoms with E-state index in [0.717, 1.165) is 29.5 Å². The van der Waals surface area contributed by atoms with Gasteiger partial charge in [-0.1, -0.05) is 103 Å². The van der Waals surface area contributed by atoms with Gasteiger partial charge in [-0.2, -0.15) is 0 Å². The normalized spacial score (nSPS) is 17.3. The van der Waals surface area contributed by atoms with Crippen LogP contribution in [0.15, 0.2) is 115 Å². The molecule has 27 heteroatoms. The van der Waals surface area contributed by atoms with Crippen molar-refractivity contribution in [1.82, 2.24) is 60.3 Å². The number of unbranched alkanes of at least 4 members (excludes halogenated alkanes) is 3.